The lowest BCUT2D eigenvalue weighted by Gasteiger charge is -2.07. The lowest BCUT2D eigenvalue weighted by molar-refractivity contribution is 0.294. The molecule has 0 amide bonds. The summed E-state index contributed by atoms with van der Waals surface area (Å²) in [7, 11) is 0. The van der Waals surface area contributed by atoms with Gasteiger partial charge in [0.05, 0.1) is 6.61 Å². The van der Waals surface area contributed by atoms with Gasteiger partial charge in [-0.2, -0.15) is 0 Å². The van der Waals surface area contributed by atoms with E-state index in [-0.39, 0.29) is 11.8 Å². The minimum absolute atomic E-state index is 0.0145. The highest BCUT2D eigenvalue weighted by atomic mass is 16.5. The molecule has 0 aliphatic rings. The standard InChI is InChI=1S/C19H36N8O/c20-18(21)16-9-10-17(26-15-16)28-14-8-7-12-24-11-5-3-1-2-4-6-13-25-19(22)27-23/h9-10,15,24H,1-8,11-14,23H2,(H3,20,21)(H3,22,25,27). The number of ether oxygens (including phenoxy) is 1. The Morgan fingerprint density at radius 2 is 1.57 bits per heavy atom. The summed E-state index contributed by atoms with van der Waals surface area (Å²) in [5.74, 6) is 5.87. The fourth-order valence-electron chi connectivity index (χ4n) is 2.63. The summed E-state index contributed by atoms with van der Waals surface area (Å²) in [5, 5.41) is 21.0. The lowest BCUT2D eigenvalue weighted by atomic mass is 10.1. The van der Waals surface area contributed by atoms with Crippen molar-refractivity contribution >= 4 is 11.8 Å². The average Bonchev–Trinajstić information content (AvgIpc) is 2.70. The summed E-state index contributed by atoms with van der Waals surface area (Å²) in [6.07, 6.45) is 10.8. The van der Waals surface area contributed by atoms with E-state index >= 15 is 0 Å². The summed E-state index contributed by atoms with van der Waals surface area (Å²) in [6.45, 7) is 3.51. The summed E-state index contributed by atoms with van der Waals surface area (Å²) < 4.78 is 5.58. The molecule has 1 aromatic rings. The van der Waals surface area contributed by atoms with Gasteiger partial charge in [0.25, 0.3) is 0 Å². The zero-order valence-electron chi connectivity index (χ0n) is 16.7. The molecular weight excluding hydrogens is 356 g/mol. The fourth-order valence-corrected chi connectivity index (χ4v) is 2.63. The number of hydrogen-bond donors (Lipinski definition) is 7. The van der Waals surface area contributed by atoms with Crippen LogP contribution in [0.25, 0.3) is 0 Å². The maximum Gasteiger partial charge on any atom is 0.213 e. The first-order valence-corrected chi connectivity index (χ1v) is 10.1. The van der Waals surface area contributed by atoms with Crippen molar-refractivity contribution in [1.82, 2.24) is 21.0 Å². The quantitative estimate of drug-likeness (QED) is 0.0737. The Balaban J connectivity index is 1.82. The van der Waals surface area contributed by atoms with Gasteiger partial charge in [-0.05, 0) is 44.8 Å². The van der Waals surface area contributed by atoms with Crippen LogP contribution in [0.4, 0.5) is 0 Å². The number of aromatic nitrogens is 1. The van der Waals surface area contributed by atoms with Crippen LogP contribution in [0.5, 0.6) is 5.88 Å². The number of unbranched alkanes of at least 4 members (excludes halogenated alkanes) is 6. The number of nitrogens with two attached hydrogens (primary N) is 2. The molecule has 9 nitrogen and oxygen atoms in total. The van der Waals surface area contributed by atoms with Gasteiger partial charge in [-0.25, -0.2) is 10.8 Å². The molecule has 1 rings (SSSR count). The number of guanidine groups is 1. The molecule has 0 spiro atoms. The third-order valence-electron chi connectivity index (χ3n) is 4.27. The molecule has 28 heavy (non-hydrogen) atoms. The van der Waals surface area contributed by atoms with E-state index in [4.69, 9.17) is 27.1 Å². The topological polar surface area (TPSA) is 158 Å². The van der Waals surface area contributed by atoms with Crippen LogP contribution in [-0.4, -0.2) is 43.0 Å². The van der Waals surface area contributed by atoms with Gasteiger partial charge >= 0.3 is 0 Å². The normalized spacial score (nSPS) is 10.5. The molecule has 1 aromatic heterocycles. The van der Waals surface area contributed by atoms with Gasteiger partial charge in [-0.15, -0.1) is 0 Å². The maximum absolute atomic E-state index is 7.32. The number of nitrogen functional groups attached to an aromatic ring is 1. The SMILES string of the molecule is N=C(NN)NCCCCCCCCNCCCCOc1ccc(C(=N)N)cn1. The molecule has 0 radical (unpaired) electrons. The van der Waals surface area contributed by atoms with Crippen molar-refractivity contribution < 1.29 is 4.74 Å². The average molecular weight is 393 g/mol. The minimum atomic E-state index is 0.0145. The van der Waals surface area contributed by atoms with Crippen molar-refractivity contribution in [3.63, 3.8) is 0 Å². The number of rotatable bonds is 16. The third-order valence-corrected chi connectivity index (χ3v) is 4.27. The van der Waals surface area contributed by atoms with E-state index in [2.05, 4.69) is 21.0 Å². The molecule has 9 N–H and O–H groups in total. The van der Waals surface area contributed by atoms with Crippen molar-refractivity contribution in [2.24, 2.45) is 11.6 Å². The number of hydrazine groups is 1. The summed E-state index contributed by atoms with van der Waals surface area (Å²) in [5.41, 5.74) is 8.27. The Kier molecular flexibility index (Phi) is 13.2. The van der Waals surface area contributed by atoms with Crippen LogP contribution in [0.2, 0.25) is 0 Å². The third kappa shape index (κ3) is 12.1. The van der Waals surface area contributed by atoms with Crippen LogP contribution in [0.3, 0.4) is 0 Å². The largest absolute Gasteiger partial charge is 0.478 e. The van der Waals surface area contributed by atoms with Crippen molar-refractivity contribution in [1.29, 1.82) is 10.8 Å². The Hall–Kier alpha value is -2.39. The molecule has 0 saturated heterocycles. The van der Waals surface area contributed by atoms with E-state index < -0.39 is 0 Å². The van der Waals surface area contributed by atoms with Gasteiger partial charge in [0, 0.05) is 24.4 Å². The fraction of sp³-hybridized carbons (Fsp3) is 0.632. The van der Waals surface area contributed by atoms with E-state index in [1.54, 1.807) is 18.3 Å². The second-order valence-electron chi connectivity index (χ2n) is 6.67. The van der Waals surface area contributed by atoms with Crippen molar-refractivity contribution in [3.05, 3.63) is 23.9 Å². The number of amidine groups is 1. The molecule has 0 aliphatic carbocycles. The molecule has 0 aromatic carbocycles. The number of hydrogen-bond acceptors (Lipinski definition) is 6. The van der Waals surface area contributed by atoms with Crippen LogP contribution in [0.1, 0.15) is 56.9 Å². The first-order valence-electron chi connectivity index (χ1n) is 10.1. The van der Waals surface area contributed by atoms with Crippen LogP contribution >= 0.6 is 0 Å². The molecule has 1 heterocycles. The lowest BCUT2D eigenvalue weighted by Crippen LogP contribution is -2.40. The highest BCUT2D eigenvalue weighted by Gasteiger charge is 1.99. The van der Waals surface area contributed by atoms with Gasteiger partial charge in [-0.1, -0.05) is 25.7 Å². The van der Waals surface area contributed by atoms with Gasteiger partial charge in [-0.3, -0.25) is 16.2 Å². The molecule has 0 atom stereocenters. The smallest absolute Gasteiger partial charge is 0.213 e. The molecule has 0 bridgehead atoms. The number of pyridine rings is 1. The van der Waals surface area contributed by atoms with Crippen molar-refractivity contribution in [2.75, 3.05) is 26.2 Å². The number of nitrogens with zero attached hydrogens (tertiary/aromatic N) is 1. The first-order chi connectivity index (χ1) is 13.6. The second kappa shape index (κ2) is 15.6. The highest BCUT2D eigenvalue weighted by Crippen LogP contribution is 2.08. The molecular formula is C19H36N8O. The predicted molar refractivity (Wildman–Crippen MR) is 114 cm³/mol. The van der Waals surface area contributed by atoms with E-state index in [0.29, 0.717) is 18.1 Å². The molecule has 0 aliphatic heterocycles. The van der Waals surface area contributed by atoms with Crippen LogP contribution in [0, 0.1) is 10.8 Å². The first kappa shape index (κ1) is 23.6. The number of nitrogens with one attached hydrogen (secondary N) is 5. The van der Waals surface area contributed by atoms with E-state index in [9.17, 15) is 0 Å². The van der Waals surface area contributed by atoms with E-state index in [0.717, 1.165) is 38.9 Å². The Morgan fingerprint density at radius 1 is 0.929 bits per heavy atom. The van der Waals surface area contributed by atoms with Gasteiger partial charge < -0.3 is 21.1 Å². The van der Waals surface area contributed by atoms with Crippen LogP contribution < -0.4 is 32.4 Å². The summed E-state index contributed by atoms with van der Waals surface area (Å²) in [4.78, 5) is 4.13. The Morgan fingerprint density at radius 3 is 2.18 bits per heavy atom. The predicted octanol–water partition coefficient (Wildman–Crippen LogP) is 1.44. The molecule has 0 saturated carbocycles. The molecule has 0 fully saturated rings. The van der Waals surface area contributed by atoms with Crippen LogP contribution in [-0.2, 0) is 0 Å². The minimum Gasteiger partial charge on any atom is -0.478 e. The van der Waals surface area contributed by atoms with E-state index in [1.807, 2.05) is 0 Å². The zero-order valence-corrected chi connectivity index (χ0v) is 16.7. The Labute approximate surface area is 168 Å². The second-order valence-corrected chi connectivity index (χ2v) is 6.67. The van der Waals surface area contributed by atoms with Crippen molar-refractivity contribution in [2.45, 2.75) is 51.4 Å². The zero-order chi connectivity index (χ0) is 20.5. The molecule has 158 valence electrons. The molecule has 0 unspecified atom stereocenters. The van der Waals surface area contributed by atoms with Gasteiger partial charge in [0.15, 0.2) is 0 Å². The monoisotopic (exact) mass is 392 g/mol. The van der Waals surface area contributed by atoms with Crippen LogP contribution in [0.15, 0.2) is 18.3 Å². The molecule has 9 heteroatoms. The highest BCUT2D eigenvalue weighted by molar-refractivity contribution is 5.94. The van der Waals surface area contributed by atoms with Gasteiger partial charge in [0.2, 0.25) is 11.8 Å². The van der Waals surface area contributed by atoms with Crippen molar-refractivity contribution in [3.8, 4) is 5.88 Å². The summed E-state index contributed by atoms with van der Waals surface area (Å²) in [6, 6.07) is 3.49. The van der Waals surface area contributed by atoms with E-state index in [1.165, 1.54) is 32.1 Å². The maximum atomic E-state index is 7.32. The van der Waals surface area contributed by atoms with Gasteiger partial charge in [0.1, 0.15) is 5.84 Å². The Bertz CT molecular complexity index is 549. The summed E-state index contributed by atoms with van der Waals surface area (Å²) >= 11 is 0.